The zero-order chi connectivity index (χ0) is 13.2. The lowest BCUT2D eigenvalue weighted by molar-refractivity contribution is 0.414. The minimum atomic E-state index is 0.210. The summed E-state index contributed by atoms with van der Waals surface area (Å²) in [6, 6.07) is 17.1. The zero-order valence-corrected chi connectivity index (χ0v) is 11.2. The number of nitrogens with two attached hydrogens (primary N) is 1. The van der Waals surface area contributed by atoms with Gasteiger partial charge >= 0.3 is 0 Å². The fourth-order valence-corrected chi connectivity index (χ4v) is 2.99. The Morgan fingerprint density at radius 1 is 1.16 bits per heavy atom. The summed E-state index contributed by atoms with van der Waals surface area (Å²) in [5.74, 6) is 1.32. The van der Waals surface area contributed by atoms with Crippen LogP contribution in [0, 0.1) is 0 Å². The summed E-state index contributed by atoms with van der Waals surface area (Å²) in [6.07, 6.45) is 1.97. The van der Waals surface area contributed by atoms with E-state index in [9.17, 15) is 0 Å². The van der Waals surface area contributed by atoms with E-state index in [0.717, 1.165) is 18.6 Å². The molecule has 0 aromatic heterocycles. The van der Waals surface area contributed by atoms with Gasteiger partial charge in [0.1, 0.15) is 5.75 Å². The van der Waals surface area contributed by atoms with Crippen molar-refractivity contribution in [1.82, 2.24) is 0 Å². The summed E-state index contributed by atoms with van der Waals surface area (Å²) < 4.78 is 5.33. The Hall–Kier alpha value is -1.80. The molecule has 2 atom stereocenters. The Kier molecular flexibility index (Phi) is 3.26. The third kappa shape index (κ3) is 2.36. The van der Waals surface area contributed by atoms with Gasteiger partial charge in [-0.2, -0.15) is 0 Å². The molecule has 2 unspecified atom stereocenters. The molecule has 0 radical (unpaired) electrons. The van der Waals surface area contributed by atoms with E-state index in [1.54, 1.807) is 7.11 Å². The molecule has 0 fully saturated rings. The molecule has 98 valence electrons. The van der Waals surface area contributed by atoms with Gasteiger partial charge in [-0.25, -0.2) is 0 Å². The van der Waals surface area contributed by atoms with Crippen molar-refractivity contribution in [3.05, 3.63) is 65.2 Å². The molecule has 0 amide bonds. The predicted octanol–water partition coefficient (Wildman–Crippen LogP) is 2.90. The second-order valence-corrected chi connectivity index (χ2v) is 5.23. The van der Waals surface area contributed by atoms with E-state index in [0.29, 0.717) is 5.92 Å². The van der Waals surface area contributed by atoms with E-state index in [1.165, 1.54) is 16.7 Å². The quantitative estimate of drug-likeness (QED) is 0.913. The maximum absolute atomic E-state index is 6.33. The predicted molar refractivity (Wildman–Crippen MR) is 77.6 cm³/mol. The second-order valence-electron chi connectivity index (χ2n) is 5.23. The number of fused-ring (bicyclic) bond motifs is 1. The first-order chi connectivity index (χ1) is 9.28. The number of rotatable bonds is 3. The molecule has 0 spiro atoms. The number of benzene rings is 2. The fraction of sp³-hybridized carbons (Fsp3) is 0.294. The molecule has 2 aromatic carbocycles. The Labute approximate surface area is 114 Å². The monoisotopic (exact) mass is 253 g/mol. The summed E-state index contributed by atoms with van der Waals surface area (Å²) in [4.78, 5) is 0. The lowest BCUT2D eigenvalue weighted by Gasteiger charge is -2.17. The highest BCUT2D eigenvalue weighted by Crippen LogP contribution is 2.36. The standard InChI is InChI=1S/C17H19NO/c1-19-14-8-7-13-10-17(18)16(15(13)11-14)9-12-5-3-2-4-6-12/h2-8,11,16-17H,9-10,18H2,1H3. The van der Waals surface area contributed by atoms with Gasteiger partial charge in [-0.1, -0.05) is 36.4 Å². The molecule has 1 aliphatic rings. The lowest BCUT2D eigenvalue weighted by Crippen LogP contribution is -2.26. The van der Waals surface area contributed by atoms with Crippen molar-refractivity contribution in [1.29, 1.82) is 0 Å². The Bertz CT molecular complexity index is 565. The van der Waals surface area contributed by atoms with Crippen molar-refractivity contribution in [2.75, 3.05) is 7.11 Å². The van der Waals surface area contributed by atoms with Crippen LogP contribution < -0.4 is 10.5 Å². The Balaban J connectivity index is 1.91. The molecule has 1 aliphatic carbocycles. The van der Waals surface area contributed by atoms with Crippen LogP contribution in [0.3, 0.4) is 0 Å². The van der Waals surface area contributed by atoms with E-state index in [2.05, 4.69) is 42.5 Å². The van der Waals surface area contributed by atoms with Crippen LogP contribution in [-0.4, -0.2) is 13.2 Å². The summed E-state index contributed by atoms with van der Waals surface area (Å²) in [5.41, 5.74) is 10.4. The first kappa shape index (κ1) is 12.2. The highest BCUT2D eigenvalue weighted by Gasteiger charge is 2.30. The minimum Gasteiger partial charge on any atom is -0.497 e. The zero-order valence-electron chi connectivity index (χ0n) is 11.2. The van der Waals surface area contributed by atoms with Crippen molar-refractivity contribution < 1.29 is 4.74 Å². The number of methoxy groups -OCH3 is 1. The van der Waals surface area contributed by atoms with Crippen LogP contribution in [0.5, 0.6) is 5.75 Å². The van der Waals surface area contributed by atoms with Gasteiger partial charge in [-0.3, -0.25) is 0 Å². The molecule has 0 aliphatic heterocycles. The largest absolute Gasteiger partial charge is 0.497 e. The van der Waals surface area contributed by atoms with E-state index >= 15 is 0 Å². The van der Waals surface area contributed by atoms with Gasteiger partial charge in [0.25, 0.3) is 0 Å². The van der Waals surface area contributed by atoms with Crippen molar-refractivity contribution in [3.8, 4) is 5.75 Å². The third-order valence-electron chi connectivity index (χ3n) is 4.02. The topological polar surface area (TPSA) is 35.2 Å². The van der Waals surface area contributed by atoms with E-state index in [-0.39, 0.29) is 6.04 Å². The lowest BCUT2D eigenvalue weighted by atomic mass is 9.91. The molecule has 0 saturated heterocycles. The highest BCUT2D eigenvalue weighted by atomic mass is 16.5. The minimum absolute atomic E-state index is 0.210. The van der Waals surface area contributed by atoms with E-state index < -0.39 is 0 Å². The molecule has 19 heavy (non-hydrogen) atoms. The molecule has 2 aromatic rings. The maximum atomic E-state index is 6.33. The first-order valence-electron chi connectivity index (χ1n) is 6.74. The Morgan fingerprint density at radius 3 is 2.68 bits per heavy atom. The molecular weight excluding hydrogens is 234 g/mol. The average molecular weight is 253 g/mol. The van der Waals surface area contributed by atoms with Gasteiger partial charge < -0.3 is 10.5 Å². The normalized spacial score (nSPS) is 21.2. The SMILES string of the molecule is COc1ccc2c(c1)C(Cc1ccccc1)C(N)C2. The van der Waals surface area contributed by atoms with Crippen molar-refractivity contribution in [3.63, 3.8) is 0 Å². The van der Waals surface area contributed by atoms with Gasteiger partial charge in [0.2, 0.25) is 0 Å². The van der Waals surface area contributed by atoms with Crippen LogP contribution in [0.4, 0.5) is 0 Å². The molecular formula is C17H19NO. The molecule has 0 saturated carbocycles. The molecule has 2 N–H and O–H groups in total. The number of hydrogen-bond acceptors (Lipinski definition) is 2. The maximum Gasteiger partial charge on any atom is 0.119 e. The molecule has 2 heteroatoms. The van der Waals surface area contributed by atoms with Gasteiger partial charge in [0, 0.05) is 12.0 Å². The average Bonchev–Trinajstić information content (AvgIpc) is 2.76. The second kappa shape index (κ2) is 5.06. The summed E-state index contributed by atoms with van der Waals surface area (Å²) in [6.45, 7) is 0. The van der Waals surface area contributed by atoms with Crippen molar-refractivity contribution >= 4 is 0 Å². The first-order valence-corrected chi connectivity index (χ1v) is 6.74. The van der Waals surface area contributed by atoms with Gasteiger partial charge in [0.05, 0.1) is 7.11 Å². The fourth-order valence-electron chi connectivity index (χ4n) is 2.99. The van der Waals surface area contributed by atoms with Crippen molar-refractivity contribution in [2.45, 2.75) is 24.8 Å². The summed E-state index contributed by atoms with van der Waals surface area (Å²) in [7, 11) is 1.71. The van der Waals surface area contributed by atoms with E-state index in [1.807, 2.05) is 6.07 Å². The molecule has 2 nitrogen and oxygen atoms in total. The van der Waals surface area contributed by atoms with Crippen LogP contribution in [0.2, 0.25) is 0 Å². The van der Waals surface area contributed by atoms with Gasteiger partial charge in [-0.15, -0.1) is 0 Å². The molecule has 0 heterocycles. The summed E-state index contributed by atoms with van der Waals surface area (Å²) in [5, 5.41) is 0. The van der Waals surface area contributed by atoms with Crippen LogP contribution in [0.15, 0.2) is 48.5 Å². The van der Waals surface area contributed by atoms with Crippen LogP contribution in [0.1, 0.15) is 22.6 Å². The van der Waals surface area contributed by atoms with Gasteiger partial charge in [-0.05, 0) is 41.7 Å². The number of hydrogen-bond donors (Lipinski definition) is 1. The molecule has 3 rings (SSSR count). The molecule has 0 bridgehead atoms. The summed E-state index contributed by atoms with van der Waals surface area (Å²) >= 11 is 0. The van der Waals surface area contributed by atoms with Gasteiger partial charge in [0.15, 0.2) is 0 Å². The van der Waals surface area contributed by atoms with Crippen molar-refractivity contribution in [2.24, 2.45) is 5.73 Å². The Morgan fingerprint density at radius 2 is 1.95 bits per heavy atom. The van der Waals surface area contributed by atoms with Crippen LogP contribution in [0.25, 0.3) is 0 Å². The third-order valence-corrected chi connectivity index (χ3v) is 4.02. The van der Waals surface area contributed by atoms with E-state index in [4.69, 9.17) is 10.5 Å². The van der Waals surface area contributed by atoms with Crippen LogP contribution in [-0.2, 0) is 12.8 Å². The smallest absolute Gasteiger partial charge is 0.119 e. The van der Waals surface area contributed by atoms with Crippen LogP contribution >= 0.6 is 0 Å². The number of ether oxygens (including phenoxy) is 1. The highest BCUT2D eigenvalue weighted by molar-refractivity contribution is 5.44.